The molecule has 37 heavy (non-hydrogen) atoms. The first-order chi connectivity index (χ1) is 18.3. The Bertz CT molecular complexity index is 2000. The second kappa shape index (κ2) is 7.95. The van der Waals surface area contributed by atoms with Gasteiger partial charge in [0.05, 0.1) is 0 Å². The van der Waals surface area contributed by atoms with Crippen LogP contribution in [0.5, 0.6) is 0 Å². The Hall–Kier alpha value is -4.60. The smallest absolute Gasteiger partial charge is 0.0434 e. The van der Waals surface area contributed by atoms with Crippen molar-refractivity contribution in [3.63, 3.8) is 0 Å². The Morgan fingerprint density at radius 3 is 1.38 bits per heavy atom. The molecule has 0 aliphatic heterocycles. The van der Waals surface area contributed by atoms with Crippen molar-refractivity contribution in [2.75, 3.05) is 0 Å². The Morgan fingerprint density at radius 2 is 0.892 bits per heavy atom. The topological polar surface area (TPSA) is 25.8 Å². The van der Waals surface area contributed by atoms with Crippen LogP contribution in [0.15, 0.2) is 122 Å². The summed E-state index contributed by atoms with van der Waals surface area (Å²) in [4.78, 5) is 11.6. The Labute approximate surface area is 217 Å². The number of hydrogen-bond acceptors (Lipinski definition) is 3. The van der Waals surface area contributed by atoms with E-state index in [1.54, 1.807) is 0 Å². The van der Waals surface area contributed by atoms with Gasteiger partial charge in [-0.15, -0.1) is 11.3 Å². The summed E-state index contributed by atoms with van der Waals surface area (Å²) < 4.78 is 0. The number of thiophene rings is 1. The van der Waals surface area contributed by atoms with Gasteiger partial charge in [-0.05, 0) is 67.7 Å². The van der Waals surface area contributed by atoms with Crippen molar-refractivity contribution < 1.29 is 0 Å². The highest BCUT2D eigenvalue weighted by Gasteiger charge is 2.21. The molecule has 0 saturated heterocycles. The van der Waals surface area contributed by atoms with E-state index in [9.17, 15) is 0 Å². The molecule has 8 aromatic rings. The van der Waals surface area contributed by atoms with Crippen molar-refractivity contribution in [1.29, 1.82) is 0 Å². The summed E-state index contributed by atoms with van der Waals surface area (Å²) in [5.41, 5.74) is 2.49. The first-order valence-corrected chi connectivity index (χ1v) is 13.2. The highest BCUT2D eigenvalue weighted by Crippen LogP contribution is 2.50. The van der Waals surface area contributed by atoms with Gasteiger partial charge in [-0.25, -0.2) is 0 Å². The summed E-state index contributed by atoms with van der Waals surface area (Å²) in [5, 5.41) is 12.3. The van der Waals surface area contributed by atoms with Crippen molar-refractivity contribution in [3.05, 3.63) is 122 Å². The van der Waals surface area contributed by atoms with E-state index in [0.717, 1.165) is 10.8 Å². The summed E-state index contributed by atoms with van der Waals surface area (Å²) in [5.74, 6) is 0. The van der Waals surface area contributed by atoms with Gasteiger partial charge < -0.3 is 0 Å². The van der Waals surface area contributed by atoms with Gasteiger partial charge in [0.25, 0.3) is 0 Å². The molecule has 0 spiro atoms. The maximum atomic E-state index is 4.49. The average Bonchev–Trinajstić information content (AvgIpc) is 3.38. The monoisotopic (exact) mass is 488 g/mol. The Morgan fingerprint density at radius 1 is 0.432 bits per heavy atom. The average molecular weight is 489 g/mol. The molecule has 5 aromatic carbocycles. The third kappa shape index (κ3) is 3.11. The first-order valence-electron chi connectivity index (χ1n) is 12.4. The lowest BCUT2D eigenvalue weighted by atomic mass is 9.93. The number of fused-ring (bicyclic) bond motifs is 8. The lowest BCUT2D eigenvalue weighted by Crippen LogP contribution is -1.85. The quantitative estimate of drug-likeness (QED) is 0.226. The molecule has 2 nitrogen and oxygen atoms in total. The van der Waals surface area contributed by atoms with Gasteiger partial charge in [0.15, 0.2) is 0 Å². The minimum atomic E-state index is 1.14. The van der Waals surface area contributed by atoms with Crippen molar-refractivity contribution >= 4 is 65.2 Å². The minimum Gasteiger partial charge on any atom is -0.264 e. The first kappa shape index (κ1) is 20.6. The van der Waals surface area contributed by atoms with E-state index in [1.165, 1.54) is 64.0 Å². The Balaban J connectivity index is 1.56. The summed E-state index contributed by atoms with van der Waals surface area (Å²) in [6, 6.07) is 35.1. The molecule has 0 saturated carbocycles. The number of aromatic nitrogens is 2. The third-order valence-corrected chi connectivity index (χ3v) is 8.69. The molecule has 3 aromatic heterocycles. The SMILES string of the molecule is c1ccc2cc(-c3sc(-c4ccc5ccccc5c4)c4c5ccncc5c5cnccc5c34)ccc2c1. The largest absolute Gasteiger partial charge is 0.264 e. The van der Waals surface area contributed by atoms with E-state index in [4.69, 9.17) is 0 Å². The van der Waals surface area contributed by atoms with Gasteiger partial charge in [0.2, 0.25) is 0 Å². The van der Waals surface area contributed by atoms with Crippen LogP contribution in [-0.2, 0) is 0 Å². The number of pyridine rings is 2. The molecular weight excluding hydrogens is 468 g/mol. The predicted molar refractivity (Wildman–Crippen MR) is 158 cm³/mol. The maximum Gasteiger partial charge on any atom is 0.0434 e. The normalized spacial score (nSPS) is 11.8. The van der Waals surface area contributed by atoms with Gasteiger partial charge in [-0.2, -0.15) is 0 Å². The van der Waals surface area contributed by atoms with E-state index in [1.807, 2.05) is 36.1 Å². The molecule has 3 heteroatoms. The Kier molecular flexibility index (Phi) is 4.42. The fourth-order valence-electron chi connectivity index (χ4n) is 5.67. The number of rotatable bonds is 2. The molecule has 0 aliphatic rings. The van der Waals surface area contributed by atoms with E-state index < -0.39 is 0 Å². The second-order valence-electron chi connectivity index (χ2n) is 9.48. The van der Waals surface area contributed by atoms with Crippen molar-refractivity contribution in [3.8, 4) is 20.9 Å². The molecular formula is C34H20N2S. The molecule has 0 radical (unpaired) electrons. The minimum absolute atomic E-state index is 1.14. The number of hydrogen-bond donors (Lipinski definition) is 0. The fourth-order valence-corrected chi connectivity index (χ4v) is 6.99. The number of nitrogens with zero attached hydrogens (tertiary/aromatic N) is 2. The summed E-state index contributed by atoms with van der Waals surface area (Å²) in [7, 11) is 0. The molecule has 0 bridgehead atoms. The highest BCUT2D eigenvalue weighted by atomic mass is 32.1. The van der Waals surface area contributed by atoms with E-state index in [0.29, 0.717) is 0 Å². The van der Waals surface area contributed by atoms with E-state index in [2.05, 4.69) is 107 Å². The van der Waals surface area contributed by atoms with Crippen LogP contribution >= 0.6 is 11.3 Å². The highest BCUT2D eigenvalue weighted by molar-refractivity contribution is 7.21. The van der Waals surface area contributed by atoms with E-state index in [-0.39, 0.29) is 0 Å². The van der Waals surface area contributed by atoms with Gasteiger partial charge in [-0.1, -0.05) is 72.8 Å². The van der Waals surface area contributed by atoms with Crippen LogP contribution < -0.4 is 0 Å². The third-order valence-electron chi connectivity index (χ3n) is 7.40. The molecule has 0 unspecified atom stereocenters. The van der Waals surface area contributed by atoms with Crippen molar-refractivity contribution in [1.82, 2.24) is 9.97 Å². The molecule has 3 heterocycles. The molecule has 0 N–H and O–H groups in total. The molecule has 0 atom stereocenters. The molecule has 0 fully saturated rings. The summed E-state index contributed by atoms with van der Waals surface area (Å²) in [6.45, 7) is 0. The van der Waals surface area contributed by atoms with Crippen LogP contribution in [0.25, 0.3) is 74.7 Å². The molecule has 8 rings (SSSR count). The van der Waals surface area contributed by atoms with Crippen LogP contribution in [0.2, 0.25) is 0 Å². The van der Waals surface area contributed by atoms with Crippen LogP contribution in [0.3, 0.4) is 0 Å². The van der Waals surface area contributed by atoms with Crippen LogP contribution in [0.4, 0.5) is 0 Å². The molecule has 0 aliphatic carbocycles. The zero-order valence-electron chi connectivity index (χ0n) is 19.8. The lowest BCUT2D eigenvalue weighted by Gasteiger charge is -2.10. The number of benzene rings is 5. The zero-order valence-corrected chi connectivity index (χ0v) is 20.7. The molecule has 172 valence electrons. The van der Waals surface area contributed by atoms with Gasteiger partial charge in [0, 0.05) is 56.1 Å². The van der Waals surface area contributed by atoms with Crippen molar-refractivity contribution in [2.45, 2.75) is 0 Å². The van der Waals surface area contributed by atoms with Gasteiger partial charge in [0.1, 0.15) is 0 Å². The van der Waals surface area contributed by atoms with Gasteiger partial charge >= 0.3 is 0 Å². The fraction of sp³-hybridized carbons (Fsp3) is 0. The van der Waals surface area contributed by atoms with Crippen LogP contribution in [0.1, 0.15) is 0 Å². The molecule has 0 amide bonds. The predicted octanol–water partition coefficient (Wildman–Crippen LogP) is 9.64. The standard InChI is InChI=1S/C34H20N2S/c1-3-7-23-17-25(11-9-21(23)5-1)33-31-27-13-15-35-19-29(27)30-20-36-16-14-28(30)32(31)34(37-33)26-12-10-22-6-2-4-8-24(22)18-26/h1-20H. The van der Waals surface area contributed by atoms with Crippen LogP contribution in [0, 0.1) is 0 Å². The summed E-state index contributed by atoms with van der Waals surface area (Å²) in [6.07, 6.45) is 7.77. The second-order valence-corrected chi connectivity index (χ2v) is 10.5. The van der Waals surface area contributed by atoms with Crippen LogP contribution in [-0.4, -0.2) is 9.97 Å². The zero-order chi connectivity index (χ0) is 24.3. The van der Waals surface area contributed by atoms with Crippen molar-refractivity contribution in [2.24, 2.45) is 0 Å². The maximum absolute atomic E-state index is 4.49. The van der Waals surface area contributed by atoms with Gasteiger partial charge in [-0.3, -0.25) is 9.97 Å². The summed E-state index contributed by atoms with van der Waals surface area (Å²) >= 11 is 1.88. The van der Waals surface area contributed by atoms with E-state index >= 15 is 0 Å². The lowest BCUT2D eigenvalue weighted by molar-refractivity contribution is 1.35.